The molecular formula is C34H40N6Pt. The number of benzene rings is 1. The summed E-state index contributed by atoms with van der Waals surface area (Å²) in [7, 11) is 0. The molecule has 0 unspecified atom stereocenters. The predicted molar refractivity (Wildman–Crippen MR) is 162 cm³/mol. The Morgan fingerprint density at radius 2 is 1.54 bits per heavy atom. The van der Waals surface area contributed by atoms with Crippen molar-refractivity contribution in [1.29, 1.82) is 0 Å². The quantitative estimate of drug-likeness (QED) is 0.187. The maximum absolute atomic E-state index is 5.06. The summed E-state index contributed by atoms with van der Waals surface area (Å²) in [4.78, 5) is 9.02. The van der Waals surface area contributed by atoms with Crippen LogP contribution in [0.25, 0.3) is 33.5 Å². The van der Waals surface area contributed by atoms with E-state index in [1.165, 1.54) is 11.1 Å². The van der Waals surface area contributed by atoms with Gasteiger partial charge in [0.2, 0.25) is 0 Å². The molecule has 0 saturated heterocycles. The number of aromatic nitrogens is 6. The molecule has 4 heterocycles. The normalized spacial score (nSPS) is 14.5. The first-order valence-electron chi connectivity index (χ1n) is 14.2. The molecular weight excluding hydrogens is 687 g/mol. The van der Waals surface area contributed by atoms with Gasteiger partial charge in [0.15, 0.2) is 0 Å². The molecule has 0 saturated carbocycles. The Morgan fingerprint density at radius 1 is 0.829 bits per heavy atom. The molecule has 216 valence electrons. The minimum Gasteiger partial charge on any atom is -0.573 e. The maximum Gasteiger partial charge on any atom is 2.00 e. The van der Waals surface area contributed by atoms with Gasteiger partial charge >= 0.3 is 21.1 Å². The molecule has 0 amide bonds. The van der Waals surface area contributed by atoms with Gasteiger partial charge < -0.3 is 20.4 Å². The summed E-state index contributed by atoms with van der Waals surface area (Å²) in [5.41, 5.74) is 8.41. The van der Waals surface area contributed by atoms with Crippen molar-refractivity contribution in [1.82, 2.24) is 30.4 Å². The van der Waals surface area contributed by atoms with Crippen molar-refractivity contribution in [2.45, 2.75) is 90.9 Å². The topological polar surface area (TPSA) is 79.8 Å². The van der Waals surface area contributed by atoms with Gasteiger partial charge in [-0.25, -0.2) is 0 Å². The van der Waals surface area contributed by atoms with E-state index >= 15 is 0 Å². The van der Waals surface area contributed by atoms with Crippen LogP contribution in [-0.4, -0.2) is 20.2 Å². The van der Waals surface area contributed by atoms with Crippen molar-refractivity contribution >= 4 is 10.8 Å². The fourth-order valence-corrected chi connectivity index (χ4v) is 5.28. The van der Waals surface area contributed by atoms with Gasteiger partial charge in [-0.05, 0) is 59.4 Å². The van der Waals surface area contributed by atoms with Crippen LogP contribution in [0.5, 0.6) is 0 Å². The van der Waals surface area contributed by atoms with Crippen molar-refractivity contribution in [2.75, 3.05) is 0 Å². The summed E-state index contributed by atoms with van der Waals surface area (Å²) in [5, 5.41) is 20.3. The Hall–Kier alpha value is -3.11. The zero-order valence-corrected chi connectivity index (χ0v) is 27.7. The fraction of sp³-hybridized carbons (Fsp3) is 0.412. The minimum absolute atomic E-state index is 0. The van der Waals surface area contributed by atoms with Crippen LogP contribution in [0.3, 0.4) is 0 Å². The molecule has 0 fully saturated rings. The van der Waals surface area contributed by atoms with E-state index < -0.39 is 0 Å². The minimum atomic E-state index is -0.0489. The van der Waals surface area contributed by atoms with Crippen molar-refractivity contribution in [3.63, 3.8) is 0 Å². The Kier molecular flexibility index (Phi) is 8.75. The van der Waals surface area contributed by atoms with Crippen LogP contribution >= 0.6 is 0 Å². The van der Waals surface area contributed by atoms with E-state index in [4.69, 9.17) is 4.98 Å². The van der Waals surface area contributed by atoms with Crippen LogP contribution in [-0.2, 0) is 43.7 Å². The second kappa shape index (κ2) is 11.6. The van der Waals surface area contributed by atoms with Crippen molar-refractivity contribution < 1.29 is 21.1 Å². The molecule has 0 bridgehead atoms. The van der Waals surface area contributed by atoms with E-state index in [1.807, 2.05) is 12.4 Å². The molecule has 0 N–H and O–H groups in total. The monoisotopic (exact) mass is 727 g/mol. The van der Waals surface area contributed by atoms with Gasteiger partial charge in [0.1, 0.15) is 0 Å². The molecule has 5 aromatic rings. The fourth-order valence-electron chi connectivity index (χ4n) is 5.28. The molecule has 7 heteroatoms. The van der Waals surface area contributed by atoms with Crippen LogP contribution in [0.1, 0.15) is 90.7 Å². The SMILES string of the molecule is CC(C)(C)c1cc(-c2cc3ccccc3c(-c3[n-]nc4c3CCCC4(C)C)n2)[n-]n1.CC(C)(C)c1ccncc1.[Pt+2]. The molecule has 41 heavy (non-hydrogen) atoms. The summed E-state index contributed by atoms with van der Waals surface area (Å²) >= 11 is 0. The number of rotatable bonds is 2. The van der Waals surface area contributed by atoms with E-state index in [-0.39, 0.29) is 37.3 Å². The van der Waals surface area contributed by atoms with E-state index in [1.54, 1.807) is 0 Å². The summed E-state index contributed by atoms with van der Waals surface area (Å²) in [6.07, 6.45) is 6.97. The maximum atomic E-state index is 5.06. The second-order valence-corrected chi connectivity index (χ2v) is 13.5. The number of nitrogens with zero attached hydrogens (tertiary/aromatic N) is 6. The van der Waals surface area contributed by atoms with E-state index in [2.05, 4.69) is 129 Å². The first-order chi connectivity index (χ1) is 18.8. The number of hydrogen-bond acceptors (Lipinski definition) is 4. The van der Waals surface area contributed by atoms with Crippen molar-refractivity contribution in [3.05, 3.63) is 83.4 Å². The second-order valence-electron chi connectivity index (χ2n) is 13.5. The van der Waals surface area contributed by atoms with Crippen LogP contribution in [0, 0.1) is 0 Å². The van der Waals surface area contributed by atoms with E-state index in [0.717, 1.165) is 64.2 Å². The van der Waals surface area contributed by atoms with Crippen molar-refractivity contribution in [2.24, 2.45) is 0 Å². The smallest absolute Gasteiger partial charge is 0.573 e. The third kappa shape index (κ3) is 6.54. The molecule has 4 aromatic heterocycles. The third-order valence-electron chi connectivity index (χ3n) is 7.77. The summed E-state index contributed by atoms with van der Waals surface area (Å²) < 4.78 is 0. The Labute approximate surface area is 258 Å². The van der Waals surface area contributed by atoms with Gasteiger partial charge in [0, 0.05) is 40.0 Å². The standard InChI is InChI=1S/C25H27N5.C9H13N.Pt/c1-24(2,3)20-14-19(27-28-20)18-13-15-9-6-7-10-16(15)21(26-18)22-17-11-8-12-25(4,5)23(17)30-29-22;1-9(2,3)8-4-6-10-7-5-8;/h6-7,9-10,13-14H,8,11-12H2,1-5H3;4-7H,1-3H3;/q-2;;+2. The molecule has 0 radical (unpaired) electrons. The van der Waals surface area contributed by atoms with Gasteiger partial charge in [-0.2, -0.15) is 0 Å². The number of fused-ring (bicyclic) bond motifs is 2. The third-order valence-corrected chi connectivity index (χ3v) is 7.77. The van der Waals surface area contributed by atoms with Crippen molar-refractivity contribution in [3.8, 4) is 22.8 Å². The van der Waals surface area contributed by atoms with Crippen LogP contribution in [0.2, 0.25) is 0 Å². The molecule has 1 aliphatic carbocycles. The molecule has 6 nitrogen and oxygen atoms in total. The molecule has 0 aliphatic heterocycles. The van der Waals surface area contributed by atoms with Gasteiger partial charge in [0.05, 0.1) is 11.4 Å². The average molecular weight is 728 g/mol. The van der Waals surface area contributed by atoms with Crippen LogP contribution in [0.15, 0.2) is 60.9 Å². The zero-order chi connectivity index (χ0) is 28.7. The first kappa shape index (κ1) is 30.8. The van der Waals surface area contributed by atoms with Gasteiger partial charge in [-0.3, -0.25) is 9.97 Å². The summed E-state index contributed by atoms with van der Waals surface area (Å²) in [6, 6.07) is 16.6. The Balaban J connectivity index is 0.000000300. The number of hydrogen-bond donors (Lipinski definition) is 0. The predicted octanol–water partition coefficient (Wildman–Crippen LogP) is 7.56. The average Bonchev–Trinajstić information content (AvgIpc) is 3.57. The number of pyridine rings is 2. The molecule has 1 aromatic carbocycles. The zero-order valence-electron chi connectivity index (χ0n) is 25.4. The molecule has 1 aliphatic rings. The van der Waals surface area contributed by atoms with Crippen LogP contribution in [0.4, 0.5) is 0 Å². The summed E-state index contributed by atoms with van der Waals surface area (Å²) in [6.45, 7) is 17.6. The molecule has 0 spiro atoms. The van der Waals surface area contributed by atoms with Gasteiger partial charge in [0.25, 0.3) is 0 Å². The van der Waals surface area contributed by atoms with E-state index in [9.17, 15) is 0 Å². The van der Waals surface area contributed by atoms with Crippen LogP contribution < -0.4 is 10.2 Å². The van der Waals surface area contributed by atoms with Gasteiger partial charge in [-0.15, -0.1) is 0 Å². The Morgan fingerprint density at radius 3 is 2.17 bits per heavy atom. The summed E-state index contributed by atoms with van der Waals surface area (Å²) in [5.74, 6) is 0. The van der Waals surface area contributed by atoms with Gasteiger partial charge in [-0.1, -0.05) is 97.1 Å². The molecule has 0 atom stereocenters. The molecule has 6 rings (SSSR count). The van der Waals surface area contributed by atoms with E-state index in [0.29, 0.717) is 0 Å². The Bertz CT molecular complexity index is 1620. The first-order valence-corrected chi connectivity index (χ1v) is 14.2. The largest absolute Gasteiger partial charge is 2.00 e.